The maximum absolute atomic E-state index is 12.2. The number of benzene rings is 2. The van der Waals surface area contributed by atoms with Crippen molar-refractivity contribution in [3.8, 4) is 0 Å². The first-order valence-corrected chi connectivity index (χ1v) is 8.38. The van der Waals surface area contributed by atoms with Crippen LogP contribution in [-0.4, -0.2) is 16.1 Å². The van der Waals surface area contributed by atoms with Crippen molar-refractivity contribution in [2.24, 2.45) is 0 Å². The Kier molecular flexibility index (Phi) is 5.14. The summed E-state index contributed by atoms with van der Waals surface area (Å²) in [5.41, 5.74) is 2.70. The molecule has 0 bridgehead atoms. The first-order chi connectivity index (χ1) is 12.0. The summed E-state index contributed by atoms with van der Waals surface area (Å²) in [4.78, 5) is 12.2. The Morgan fingerprint density at radius 3 is 2.52 bits per heavy atom. The van der Waals surface area contributed by atoms with Gasteiger partial charge in [0, 0.05) is 0 Å². The zero-order valence-electron chi connectivity index (χ0n) is 14.0. The number of hydrogen-bond acceptors (Lipinski definition) is 4. The molecule has 3 aromatic rings. The minimum atomic E-state index is -0.387. The smallest absolute Gasteiger partial charge is 0.322 e. The second-order valence-electron chi connectivity index (χ2n) is 6.01. The van der Waals surface area contributed by atoms with Gasteiger partial charge in [-0.05, 0) is 29.2 Å². The summed E-state index contributed by atoms with van der Waals surface area (Å²) in [6, 6.07) is 15.1. The first kappa shape index (κ1) is 17.2. The van der Waals surface area contributed by atoms with Crippen molar-refractivity contribution < 1.29 is 9.21 Å². The van der Waals surface area contributed by atoms with Gasteiger partial charge in [-0.25, -0.2) is 0 Å². The second-order valence-corrected chi connectivity index (χ2v) is 6.42. The molecule has 0 aliphatic rings. The molecule has 0 fully saturated rings. The van der Waals surface area contributed by atoms with E-state index < -0.39 is 0 Å². The van der Waals surface area contributed by atoms with Gasteiger partial charge >= 0.3 is 6.01 Å². The van der Waals surface area contributed by atoms with Crippen LogP contribution in [0.15, 0.2) is 52.9 Å². The highest BCUT2D eigenvalue weighted by Crippen LogP contribution is 2.19. The van der Waals surface area contributed by atoms with E-state index in [4.69, 9.17) is 16.0 Å². The number of nitrogens with one attached hydrogen (secondary N) is 1. The molecule has 1 N–H and O–H groups in total. The van der Waals surface area contributed by atoms with E-state index in [1.807, 2.05) is 12.1 Å². The Morgan fingerprint density at radius 2 is 1.84 bits per heavy atom. The van der Waals surface area contributed by atoms with Crippen molar-refractivity contribution in [3.05, 3.63) is 76.1 Å². The Bertz CT molecular complexity index is 872. The molecule has 2 aromatic carbocycles. The van der Waals surface area contributed by atoms with Crippen molar-refractivity contribution >= 4 is 23.5 Å². The predicted molar refractivity (Wildman–Crippen MR) is 97.0 cm³/mol. The molecule has 1 amide bonds. The highest BCUT2D eigenvalue weighted by atomic mass is 35.5. The normalized spacial score (nSPS) is 10.9. The second kappa shape index (κ2) is 7.49. The number of halogens is 1. The summed E-state index contributed by atoms with van der Waals surface area (Å²) >= 11 is 6.01. The highest BCUT2D eigenvalue weighted by molar-refractivity contribution is 6.34. The van der Waals surface area contributed by atoms with Crippen molar-refractivity contribution in [3.63, 3.8) is 0 Å². The fourth-order valence-corrected chi connectivity index (χ4v) is 2.60. The zero-order chi connectivity index (χ0) is 17.8. The van der Waals surface area contributed by atoms with Crippen LogP contribution in [0, 0.1) is 0 Å². The zero-order valence-corrected chi connectivity index (χ0v) is 14.7. The number of anilines is 1. The van der Waals surface area contributed by atoms with Crippen LogP contribution in [0.25, 0.3) is 0 Å². The van der Waals surface area contributed by atoms with Gasteiger partial charge in [-0.1, -0.05) is 66.9 Å². The summed E-state index contributed by atoms with van der Waals surface area (Å²) in [6.45, 7) is 4.31. The van der Waals surface area contributed by atoms with Gasteiger partial charge in [-0.3, -0.25) is 10.1 Å². The van der Waals surface area contributed by atoms with E-state index in [2.05, 4.69) is 41.5 Å². The minimum Gasteiger partial charge on any atom is -0.407 e. The van der Waals surface area contributed by atoms with E-state index >= 15 is 0 Å². The quantitative estimate of drug-likeness (QED) is 0.720. The predicted octanol–water partition coefficient (Wildman–Crippen LogP) is 4.69. The van der Waals surface area contributed by atoms with Gasteiger partial charge in [-0.2, -0.15) is 0 Å². The molecule has 0 unspecified atom stereocenters. The van der Waals surface area contributed by atoms with Crippen molar-refractivity contribution in [2.75, 3.05) is 5.32 Å². The molecule has 0 saturated carbocycles. The molecule has 1 heterocycles. The SMILES string of the molecule is CC(C)c1ccc(Cc2nnc(NC(=O)c3ccccc3Cl)o2)cc1. The maximum atomic E-state index is 12.2. The number of carbonyl (C=O) groups excluding carboxylic acids is 1. The number of amides is 1. The Labute approximate surface area is 151 Å². The summed E-state index contributed by atoms with van der Waals surface area (Å²) < 4.78 is 5.50. The Hall–Kier alpha value is -2.66. The monoisotopic (exact) mass is 355 g/mol. The summed E-state index contributed by atoms with van der Waals surface area (Å²) in [5, 5.41) is 10.8. The standard InChI is InChI=1S/C19H18ClN3O2/c1-12(2)14-9-7-13(8-10-14)11-17-22-23-19(25-17)21-18(24)15-5-3-4-6-16(15)20/h3-10,12H,11H2,1-2H3,(H,21,23,24). The van der Waals surface area contributed by atoms with Crippen LogP contribution in [0.4, 0.5) is 6.01 Å². The third kappa shape index (κ3) is 4.25. The highest BCUT2D eigenvalue weighted by Gasteiger charge is 2.14. The molecule has 6 heteroatoms. The first-order valence-electron chi connectivity index (χ1n) is 8.00. The Balaban J connectivity index is 1.66. The Morgan fingerprint density at radius 1 is 1.12 bits per heavy atom. The van der Waals surface area contributed by atoms with Crippen LogP contribution < -0.4 is 5.32 Å². The van der Waals surface area contributed by atoms with Crippen molar-refractivity contribution in [1.29, 1.82) is 0 Å². The lowest BCUT2D eigenvalue weighted by Gasteiger charge is -2.05. The molecule has 3 rings (SSSR count). The summed E-state index contributed by atoms with van der Waals surface area (Å²) in [6.07, 6.45) is 0.507. The molecule has 0 atom stereocenters. The molecule has 0 saturated heterocycles. The third-order valence-corrected chi connectivity index (χ3v) is 4.14. The number of nitrogens with zero attached hydrogens (tertiary/aromatic N) is 2. The lowest BCUT2D eigenvalue weighted by Crippen LogP contribution is -2.12. The van der Waals surface area contributed by atoms with Crippen LogP contribution in [0.1, 0.15) is 47.1 Å². The van der Waals surface area contributed by atoms with Crippen LogP contribution in [-0.2, 0) is 6.42 Å². The molecular weight excluding hydrogens is 338 g/mol. The van der Waals surface area contributed by atoms with Gasteiger partial charge in [0.1, 0.15) is 0 Å². The van der Waals surface area contributed by atoms with Gasteiger partial charge in [0.2, 0.25) is 5.89 Å². The maximum Gasteiger partial charge on any atom is 0.322 e. The largest absolute Gasteiger partial charge is 0.407 e. The summed E-state index contributed by atoms with van der Waals surface area (Å²) in [7, 11) is 0. The molecule has 5 nitrogen and oxygen atoms in total. The lowest BCUT2D eigenvalue weighted by atomic mass is 10.0. The van der Waals surface area contributed by atoms with Crippen LogP contribution in [0.2, 0.25) is 5.02 Å². The fraction of sp³-hybridized carbons (Fsp3) is 0.211. The molecule has 25 heavy (non-hydrogen) atoms. The van der Waals surface area contributed by atoms with E-state index in [1.165, 1.54) is 5.56 Å². The van der Waals surface area contributed by atoms with E-state index in [0.29, 0.717) is 28.8 Å². The lowest BCUT2D eigenvalue weighted by molar-refractivity contribution is 0.102. The molecule has 128 valence electrons. The minimum absolute atomic E-state index is 0.0544. The number of rotatable bonds is 5. The molecule has 0 aliphatic carbocycles. The van der Waals surface area contributed by atoms with Crippen LogP contribution in [0.3, 0.4) is 0 Å². The van der Waals surface area contributed by atoms with Gasteiger partial charge in [0.25, 0.3) is 5.91 Å². The van der Waals surface area contributed by atoms with E-state index in [0.717, 1.165) is 5.56 Å². The van der Waals surface area contributed by atoms with Crippen LogP contribution >= 0.6 is 11.6 Å². The number of hydrogen-bond donors (Lipinski definition) is 1. The number of aromatic nitrogens is 2. The van der Waals surface area contributed by atoms with E-state index in [-0.39, 0.29) is 11.9 Å². The fourth-order valence-electron chi connectivity index (χ4n) is 2.38. The van der Waals surface area contributed by atoms with Crippen LogP contribution in [0.5, 0.6) is 0 Å². The average molecular weight is 356 g/mol. The van der Waals surface area contributed by atoms with Crippen molar-refractivity contribution in [1.82, 2.24) is 10.2 Å². The van der Waals surface area contributed by atoms with Gasteiger partial charge in [0.15, 0.2) is 0 Å². The molecule has 1 aromatic heterocycles. The molecule has 0 spiro atoms. The van der Waals surface area contributed by atoms with Crippen molar-refractivity contribution in [2.45, 2.75) is 26.2 Å². The van der Waals surface area contributed by atoms with Gasteiger partial charge in [0.05, 0.1) is 17.0 Å². The van der Waals surface area contributed by atoms with Gasteiger partial charge in [-0.15, -0.1) is 5.10 Å². The average Bonchev–Trinajstić information content (AvgIpc) is 3.02. The topological polar surface area (TPSA) is 68.0 Å². The number of carbonyl (C=O) groups is 1. The van der Waals surface area contributed by atoms with E-state index in [1.54, 1.807) is 24.3 Å². The molecular formula is C19H18ClN3O2. The molecule has 0 aliphatic heterocycles. The third-order valence-electron chi connectivity index (χ3n) is 3.81. The van der Waals surface area contributed by atoms with E-state index in [9.17, 15) is 4.79 Å². The molecule has 0 radical (unpaired) electrons. The van der Waals surface area contributed by atoms with Gasteiger partial charge < -0.3 is 4.42 Å². The summed E-state index contributed by atoms with van der Waals surface area (Å²) in [5.74, 6) is 0.540.